The van der Waals surface area contributed by atoms with Gasteiger partial charge in [0.25, 0.3) is 0 Å². The third kappa shape index (κ3) is 2.86. The van der Waals surface area contributed by atoms with Crippen molar-refractivity contribution in [3.63, 3.8) is 0 Å². The second-order valence-electron chi connectivity index (χ2n) is 3.33. The van der Waals surface area contributed by atoms with Crippen LogP contribution in [0.25, 0.3) is 0 Å². The lowest BCUT2D eigenvalue weighted by Gasteiger charge is -2.10. The first-order valence-corrected chi connectivity index (χ1v) is 6.79. The Balaban J connectivity index is 2.71. The molecule has 71 valence electrons. The lowest BCUT2D eigenvalue weighted by atomic mass is 10.1. The summed E-state index contributed by atoms with van der Waals surface area (Å²) in [6.45, 7) is 6.99. The Morgan fingerprint density at radius 1 is 1.38 bits per heavy atom. The van der Waals surface area contributed by atoms with Crippen LogP contribution in [-0.4, -0.2) is 9.04 Å². The maximum absolute atomic E-state index is 5.78. The maximum atomic E-state index is 5.78. The van der Waals surface area contributed by atoms with Crippen LogP contribution in [0.2, 0.25) is 13.1 Å². The summed E-state index contributed by atoms with van der Waals surface area (Å²) in [5.41, 5.74) is 8.97. The topological polar surface area (TPSA) is 35.2 Å². The van der Waals surface area contributed by atoms with Crippen molar-refractivity contribution in [2.45, 2.75) is 26.6 Å². The van der Waals surface area contributed by atoms with Crippen LogP contribution in [0.15, 0.2) is 18.2 Å². The second-order valence-corrected chi connectivity index (χ2v) is 5.43. The Labute approximate surface area is 81.4 Å². The van der Waals surface area contributed by atoms with Gasteiger partial charge < -0.3 is 10.2 Å². The van der Waals surface area contributed by atoms with Gasteiger partial charge in [-0.2, -0.15) is 0 Å². The molecule has 13 heavy (non-hydrogen) atoms. The highest BCUT2D eigenvalue weighted by atomic mass is 28.3. The molecular formula is C10H16NOSi. The highest BCUT2D eigenvalue weighted by molar-refractivity contribution is 6.48. The lowest BCUT2D eigenvalue weighted by Crippen LogP contribution is -2.08. The van der Waals surface area contributed by atoms with E-state index in [1.165, 1.54) is 5.56 Å². The van der Waals surface area contributed by atoms with Gasteiger partial charge in [0.05, 0.1) is 6.61 Å². The van der Waals surface area contributed by atoms with E-state index >= 15 is 0 Å². The number of hydrogen-bond acceptors (Lipinski definition) is 2. The molecule has 0 saturated carbocycles. The Kier molecular flexibility index (Phi) is 3.51. The van der Waals surface area contributed by atoms with Gasteiger partial charge >= 0.3 is 0 Å². The molecule has 0 atom stereocenters. The summed E-state index contributed by atoms with van der Waals surface area (Å²) in [4.78, 5) is 0. The molecule has 0 aliphatic heterocycles. The summed E-state index contributed by atoms with van der Waals surface area (Å²) in [5, 5.41) is 0. The van der Waals surface area contributed by atoms with E-state index in [2.05, 4.69) is 19.2 Å². The smallest absolute Gasteiger partial charge is 0.205 e. The molecule has 0 aromatic heterocycles. The van der Waals surface area contributed by atoms with E-state index in [9.17, 15) is 0 Å². The first kappa shape index (κ1) is 10.3. The van der Waals surface area contributed by atoms with Crippen molar-refractivity contribution >= 4 is 14.7 Å². The van der Waals surface area contributed by atoms with Gasteiger partial charge in [0.15, 0.2) is 0 Å². The molecule has 1 aromatic rings. The molecule has 0 unspecified atom stereocenters. The van der Waals surface area contributed by atoms with Gasteiger partial charge in [-0.15, -0.1) is 0 Å². The van der Waals surface area contributed by atoms with Crippen LogP contribution in [0.1, 0.15) is 11.1 Å². The summed E-state index contributed by atoms with van der Waals surface area (Å²) >= 11 is 0. The summed E-state index contributed by atoms with van der Waals surface area (Å²) < 4.78 is 5.61. The SMILES string of the molecule is Cc1c(N)cccc1CO[Si](C)C. The fourth-order valence-electron chi connectivity index (χ4n) is 1.08. The van der Waals surface area contributed by atoms with Gasteiger partial charge in [-0.25, -0.2) is 0 Å². The molecule has 0 bridgehead atoms. The second kappa shape index (κ2) is 4.44. The van der Waals surface area contributed by atoms with Crippen LogP contribution in [0, 0.1) is 6.92 Å². The van der Waals surface area contributed by atoms with E-state index in [0.29, 0.717) is 6.61 Å². The van der Waals surface area contributed by atoms with Crippen LogP contribution in [0.3, 0.4) is 0 Å². The Morgan fingerprint density at radius 2 is 2.08 bits per heavy atom. The molecule has 3 heteroatoms. The zero-order valence-electron chi connectivity index (χ0n) is 8.42. The summed E-state index contributed by atoms with van der Waals surface area (Å²) in [5.74, 6) is 0. The van der Waals surface area contributed by atoms with Crippen molar-refractivity contribution in [2.75, 3.05) is 5.73 Å². The molecule has 1 radical (unpaired) electrons. The van der Waals surface area contributed by atoms with E-state index in [1.807, 2.05) is 19.1 Å². The van der Waals surface area contributed by atoms with E-state index in [0.717, 1.165) is 11.3 Å². The molecule has 0 saturated heterocycles. The standard InChI is InChI=1S/C10H16NOSi/c1-8-9(7-12-13(2)3)5-4-6-10(8)11/h4-6H,7,11H2,1-3H3. The first-order valence-electron chi connectivity index (χ1n) is 4.38. The van der Waals surface area contributed by atoms with Crippen molar-refractivity contribution < 1.29 is 4.43 Å². The zero-order valence-corrected chi connectivity index (χ0v) is 9.42. The predicted molar refractivity (Wildman–Crippen MR) is 57.9 cm³/mol. The highest BCUT2D eigenvalue weighted by Crippen LogP contribution is 2.16. The molecule has 0 aliphatic rings. The normalized spacial score (nSPS) is 10.8. The number of anilines is 1. The third-order valence-corrected chi connectivity index (χ3v) is 2.73. The van der Waals surface area contributed by atoms with Crippen molar-refractivity contribution in [1.29, 1.82) is 0 Å². The third-order valence-electron chi connectivity index (χ3n) is 2.00. The number of hydrogen-bond donors (Lipinski definition) is 1. The number of benzene rings is 1. The van der Waals surface area contributed by atoms with Gasteiger partial charge in [-0.3, -0.25) is 0 Å². The summed E-state index contributed by atoms with van der Waals surface area (Å²) in [7, 11) is -0.602. The van der Waals surface area contributed by atoms with Gasteiger partial charge in [0.1, 0.15) is 0 Å². The monoisotopic (exact) mass is 194 g/mol. The fourth-order valence-corrected chi connectivity index (χ4v) is 1.53. The van der Waals surface area contributed by atoms with Crippen molar-refractivity contribution in [3.05, 3.63) is 29.3 Å². The van der Waals surface area contributed by atoms with Crippen LogP contribution in [0.5, 0.6) is 0 Å². The number of rotatable bonds is 3. The average Bonchev–Trinajstić information content (AvgIpc) is 2.07. The van der Waals surface area contributed by atoms with E-state index in [4.69, 9.17) is 10.2 Å². The molecule has 0 spiro atoms. The van der Waals surface area contributed by atoms with Gasteiger partial charge in [0.2, 0.25) is 9.04 Å². The molecular weight excluding hydrogens is 178 g/mol. The van der Waals surface area contributed by atoms with E-state index < -0.39 is 9.04 Å². The Bertz CT molecular complexity index is 286. The molecule has 1 rings (SSSR count). The number of nitrogens with two attached hydrogens (primary N) is 1. The van der Waals surface area contributed by atoms with E-state index in [1.54, 1.807) is 0 Å². The molecule has 0 aliphatic carbocycles. The Hall–Kier alpha value is -0.803. The Morgan fingerprint density at radius 3 is 2.69 bits per heavy atom. The molecule has 1 aromatic carbocycles. The van der Waals surface area contributed by atoms with Crippen LogP contribution < -0.4 is 5.73 Å². The van der Waals surface area contributed by atoms with Crippen molar-refractivity contribution in [3.8, 4) is 0 Å². The maximum Gasteiger partial charge on any atom is 0.205 e. The van der Waals surface area contributed by atoms with Gasteiger partial charge in [-0.1, -0.05) is 12.1 Å². The minimum Gasteiger partial charge on any atom is -0.413 e. The highest BCUT2D eigenvalue weighted by Gasteiger charge is 2.02. The van der Waals surface area contributed by atoms with Crippen molar-refractivity contribution in [1.82, 2.24) is 0 Å². The van der Waals surface area contributed by atoms with E-state index in [-0.39, 0.29) is 0 Å². The molecule has 0 fully saturated rings. The quantitative estimate of drug-likeness (QED) is 0.592. The average molecular weight is 194 g/mol. The number of nitrogen functional groups attached to an aromatic ring is 1. The molecule has 0 heterocycles. The molecule has 0 amide bonds. The largest absolute Gasteiger partial charge is 0.413 e. The van der Waals surface area contributed by atoms with Gasteiger partial charge in [0, 0.05) is 5.69 Å². The van der Waals surface area contributed by atoms with Gasteiger partial charge in [-0.05, 0) is 37.2 Å². The molecule has 2 N–H and O–H groups in total. The van der Waals surface area contributed by atoms with Crippen LogP contribution in [-0.2, 0) is 11.0 Å². The summed E-state index contributed by atoms with van der Waals surface area (Å²) in [6.07, 6.45) is 0. The van der Waals surface area contributed by atoms with Crippen molar-refractivity contribution in [2.24, 2.45) is 0 Å². The minimum atomic E-state index is -0.602. The molecule has 2 nitrogen and oxygen atoms in total. The fraction of sp³-hybridized carbons (Fsp3) is 0.400. The minimum absolute atomic E-state index is 0.602. The first-order chi connectivity index (χ1) is 6.11. The van der Waals surface area contributed by atoms with Crippen LogP contribution in [0.4, 0.5) is 5.69 Å². The predicted octanol–water partition coefficient (Wildman–Crippen LogP) is 2.34. The van der Waals surface area contributed by atoms with Crippen LogP contribution >= 0.6 is 0 Å². The zero-order chi connectivity index (χ0) is 9.84. The summed E-state index contributed by atoms with van der Waals surface area (Å²) in [6, 6.07) is 5.96. The lowest BCUT2D eigenvalue weighted by molar-refractivity contribution is 0.314.